The van der Waals surface area contributed by atoms with Crippen molar-refractivity contribution < 1.29 is 9.53 Å². The van der Waals surface area contributed by atoms with E-state index < -0.39 is 0 Å². The lowest BCUT2D eigenvalue weighted by atomic mass is 10.2. The molecule has 0 bridgehead atoms. The molecule has 0 aromatic carbocycles. The fraction of sp³-hybridized carbons (Fsp3) is 0.333. The maximum Gasteiger partial charge on any atom is 0.227 e. The van der Waals surface area contributed by atoms with Gasteiger partial charge in [-0.05, 0) is 13.0 Å². The van der Waals surface area contributed by atoms with Crippen molar-refractivity contribution in [1.82, 2.24) is 0 Å². The van der Waals surface area contributed by atoms with Gasteiger partial charge in [0.05, 0.1) is 19.1 Å². The fourth-order valence-corrected chi connectivity index (χ4v) is 1.06. The van der Waals surface area contributed by atoms with E-state index in [0.717, 1.165) is 17.5 Å². The molecule has 3 nitrogen and oxygen atoms in total. The van der Waals surface area contributed by atoms with Crippen molar-refractivity contribution in [1.29, 1.82) is 0 Å². The molecule has 0 aliphatic carbocycles. The van der Waals surface area contributed by atoms with Gasteiger partial charge in [-0.3, -0.25) is 4.79 Å². The van der Waals surface area contributed by atoms with Crippen LogP contribution in [0.1, 0.15) is 20.8 Å². The van der Waals surface area contributed by atoms with Crippen molar-refractivity contribution in [2.75, 3.05) is 7.11 Å². The fourth-order valence-electron chi connectivity index (χ4n) is 0.740. The second-order valence-corrected chi connectivity index (χ2v) is 2.73. The van der Waals surface area contributed by atoms with Gasteiger partial charge < -0.3 is 4.74 Å². The topological polar surface area (TPSA) is 38.7 Å². The van der Waals surface area contributed by atoms with Gasteiger partial charge in [0.1, 0.15) is 0 Å². The Morgan fingerprint density at radius 1 is 1.44 bits per heavy atom. The number of methoxy groups -OCH3 is 1. The van der Waals surface area contributed by atoms with E-state index >= 15 is 0 Å². The number of ether oxygens (including phenoxy) is 1. The van der Waals surface area contributed by atoms with E-state index in [1.165, 1.54) is 7.11 Å². The molecule has 0 saturated carbocycles. The van der Waals surface area contributed by atoms with Crippen LogP contribution in [0, 0.1) is 0 Å². The number of allylic oxidation sites excluding steroid dienone is 3. The molecule has 0 aliphatic heterocycles. The van der Waals surface area contributed by atoms with Crippen molar-refractivity contribution in [3.05, 3.63) is 36.5 Å². The van der Waals surface area contributed by atoms with Crippen LogP contribution >= 0.6 is 11.9 Å². The lowest BCUT2D eigenvalue weighted by Crippen LogP contribution is -2.02. The van der Waals surface area contributed by atoms with Crippen LogP contribution in [0.5, 0.6) is 0 Å². The summed E-state index contributed by atoms with van der Waals surface area (Å²) in [6.45, 7) is 9.42. The zero-order valence-corrected chi connectivity index (χ0v) is 11.1. The van der Waals surface area contributed by atoms with E-state index in [9.17, 15) is 4.79 Å². The average molecular weight is 241 g/mol. The van der Waals surface area contributed by atoms with Gasteiger partial charge in [0.15, 0.2) is 5.62 Å². The lowest BCUT2D eigenvalue weighted by molar-refractivity contribution is 0.406. The Balaban J connectivity index is 0. The molecule has 16 heavy (non-hydrogen) atoms. The number of hydrogen-bond acceptors (Lipinski definition) is 4. The Bertz CT molecular complexity index is 281. The monoisotopic (exact) mass is 241 g/mol. The summed E-state index contributed by atoms with van der Waals surface area (Å²) in [4.78, 5) is 10.1. The van der Waals surface area contributed by atoms with Crippen molar-refractivity contribution in [3.8, 4) is 0 Å². The van der Waals surface area contributed by atoms with Crippen LogP contribution in [0.3, 0.4) is 0 Å². The molecule has 0 aliphatic rings. The van der Waals surface area contributed by atoms with Crippen molar-refractivity contribution in [2.45, 2.75) is 20.8 Å². The molecular weight excluding hydrogens is 222 g/mol. The Morgan fingerprint density at radius 2 is 2.06 bits per heavy atom. The molecule has 0 rings (SSSR count). The van der Waals surface area contributed by atoms with Gasteiger partial charge in [0.25, 0.3) is 0 Å². The zero-order chi connectivity index (χ0) is 12.8. The first-order valence-electron chi connectivity index (χ1n) is 4.97. The van der Waals surface area contributed by atoms with Gasteiger partial charge in [-0.25, -0.2) is 0 Å². The third-order valence-electron chi connectivity index (χ3n) is 1.34. The highest BCUT2D eigenvalue weighted by Crippen LogP contribution is 2.07. The van der Waals surface area contributed by atoms with Crippen LogP contribution in [0.2, 0.25) is 0 Å². The molecule has 0 N–H and O–H groups in total. The molecule has 0 amide bonds. The highest BCUT2D eigenvalue weighted by molar-refractivity contribution is 8.10. The largest absolute Gasteiger partial charge is 0.480 e. The molecule has 0 radical (unpaired) electrons. The molecule has 0 aromatic heterocycles. The van der Waals surface area contributed by atoms with E-state index in [1.807, 2.05) is 26.8 Å². The number of carbonyl (C=O) groups excluding carboxylic acids is 1. The van der Waals surface area contributed by atoms with E-state index in [-0.39, 0.29) is 0 Å². The molecule has 0 atom stereocenters. The molecule has 0 unspecified atom stereocenters. The van der Waals surface area contributed by atoms with E-state index in [4.69, 9.17) is 4.74 Å². The summed E-state index contributed by atoms with van der Waals surface area (Å²) in [6.07, 6.45) is 7.08. The summed E-state index contributed by atoms with van der Waals surface area (Å²) < 4.78 is 8.89. The number of nitrogens with zero attached hydrogens (tertiary/aromatic N) is 1. The Hall–Kier alpha value is -1.29. The first kappa shape index (κ1) is 17.1. The van der Waals surface area contributed by atoms with Crippen LogP contribution in [-0.2, 0) is 9.53 Å². The van der Waals surface area contributed by atoms with Gasteiger partial charge in [-0.15, -0.1) is 0 Å². The van der Waals surface area contributed by atoms with E-state index in [1.54, 1.807) is 18.2 Å². The third-order valence-corrected chi connectivity index (χ3v) is 1.70. The second kappa shape index (κ2) is 13.7. The summed E-state index contributed by atoms with van der Waals surface area (Å²) in [5, 5.41) is 0. The number of hydrogen-bond donors (Lipinski definition) is 0. The van der Waals surface area contributed by atoms with Gasteiger partial charge >= 0.3 is 0 Å². The quantitative estimate of drug-likeness (QED) is 0.243. The molecular formula is C12H19NO2S. The Labute approximate surface area is 102 Å². The number of rotatable bonds is 5. The van der Waals surface area contributed by atoms with Crippen molar-refractivity contribution in [3.63, 3.8) is 0 Å². The summed E-state index contributed by atoms with van der Waals surface area (Å²) in [5.74, 6) is 0.419. The minimum absolute atomic E-state index is 0.419. The maximum absolute atomic E-state index is 10.1. The predicted octanol–water partition coefficient (Wildman–Crippen LogP) is 3.58. The summed E-state index contributed by atoms with van der Waals surface area (Å²) >= 11 is 0.800. The lowest BCUT2D eigenvalue weighted by Gasteiger charge is -2.03. The molecule has 0 aromatic rings. The van der Waals surface area contributed by atoms with Crippen LogP contribution in [0.4, 0.5) is 0 Å². The summed E-state index contributed by atoms with van der Waals surface area (Å²) in [7, 11) is 1.51. The summed E-state index contributed by atoms with van der Waals surface area (Å²) in [5.41, 5.74) is 1.45. The number of carbonyl (C=O) groups is 1. The predicted molar refractivity (Wildman–Crippen MR) is 73.2 cm³/mol. The van der Waals surface area contributed by atoms with Gasteiger partial charge in [0.2, 0.25) is 5.90 Å². The van der Waals surface area contributed by atoms with Gasteiger partial charge in [0, 0.05) is 5.57 Å². The van der Waals surface area contributed by atoms with E-state index in [2.05, 4.69) is 11.0 Å². The standard InChI is InChI=1S/C10H13NO2S.C2H6/c1-4-6-7-9(5-2)10(13-3)11-14-8-12;1-2/h4-8H,1H2,2-3H3;1-2H3/b7-6-,9-5+,11-10-;. The molecule has 0 fully saturated rings. The Kier molecular flexibility index (Phi) is 14.7. The minimum atomic E-state index is 0.419. The SMILES string of the molecule is C=C\C=C/C(=C\C)C(=N/SC=O)/OC.CC. The first-order valence-corrected chi connectivity index (χ1v) is 5.81. The van der Waals surface area contributed by atoms with Gasteiger partial charge in [-0.2, -0.15) is 4.40 Å². The Morgan fingerprint density at radius 3 is 2.44 bits per heavy atom. The van der Waals surface area contributed by atoms with Crippen LogP contribution in [-0.4, -0.2) is 18.6 Å². The summed E-state index contributed by atoms with van der Waals surface area (Å²) in [6, 6.07) is 0. The minimum Gasteiger partial charge on any atom is -0.480 e. The first-order chi connectivity index (χ1) is 7.79. The highest BCUT2D eigenvalue weighted by Gasteiger charge is 2.01. The molecule has 0 heterocycles. The van der Waals surface area contributed by atoms with Crippen LogP contribution in [0.25, 0.3) is 0 Å². The van der Waals surface area contributed by atoms with Crippen LogP contribution in [0.15, 0.2) is 40.9 Å². The molecule has 90 valence electrons. The van der Waals surface area contributed by atoms with Crippen LogP contribution < -0.4 is 0 Å². The van der Waals surface area contributed by atoms with Crippen molar-refractivity contribution >= 4 is 23.5 Å². The smallest absolute Gasteiger partial charge is 0.227 e. The van der Waals surface area contributed by atoms with E-state index in [0.29, 0.717) is 11.5 Å². The molecule has 0 spiro atoms. The van der Waals surface area contributed by atoms with Crippen molar-refractivity contribution in [2.24, 2.45) is 4.40 Å². The normalized spacial score (nSPS) is 11.8. The average Bonchev–Trinajstić information content (AvgIpc) is 2.36. The maximum atomic E-state index is 10.1. The van der Waals surface area contributed by atoms with Gasteiger partial charge in [-0.1, -0.05) is 38.7 Å². The molecule has 0 saturated heterocycles. The zero-order valence-electron chi connectivity index (χ0n) is 10.3. The second-order valence-electron chi connectivity index (χ2n) is 2.14. The highest BCUT2D eigenvalue weighted by atomic mass is 32.2. The third kappa shape index (κ3) is 8.05. The molecule has 4 heteroatoms.